The molecule has 0 aliphatic carbocycles. The first kappa shape index (κ1) is 11.3. The quantitative estimate of drug-likeness (QED) is 0.765. The van der Waals surface area contributed by atoms with Crippen molar-refractivity contribution in [3.63, 3.8) is 0 Å². The molecule has 1 unspecified atom stereocenters. The zero-order chi connectivity index (χ0) is 11.5. The smallest absolute Gasteiger partial charge is 0.0391 e. The van der Waals surface area contributed by atoms with Crippen LogP contribution >= 0.6 is 0 Å². The van der Waals surface area contributed by atoms with Crippen LogP contribution in [0.2, 0.25) is 0 Å². The number of nitrogen functional groups attached to an aromatic ring is 1. The molecule has 0 aromatic heterocycles. The summed E-state index contributed by atoms with van der Waals surface area (Å²) < 4.78 is 0. The fraction of sp³-hybridized carbons (Fsp3) is 0.538. The highest BCUT2D eigenvalue weighted by molar-refractivity contribution is 5.62. The fourth-order valence-electron chi connectivity index (χ4n) is 2.31. The molecule has 2 rings (SSSR count). The molecular formula is C13H21N3. The number of likely N-dealkylation sites (N-methyl/N-ethyl adjacent to an activating group) is 1. The Morgan fingerprint density at radius 3 is 3.00 bits per heavy atom. The molecule has 3 heteroatoms. The highest BCUT2D eigenvalue weighted by Gasteiger charge is 2.20. The number of benzene rings is 1. The summed E-state index contributed by atoms with van der Waals surface area (Å²) in [5.41, 5.74) is 9.07. The van der Waals surface area contributed by atoms with Crippen LogP contribution in [0.5, 0.6) is 0 Å². The van der Waals surface area contributed by atoms with E-state index in [2.05, 4.69) is 30.3 Å². The van der Waals surface area contributed by atoms with Crippen molar-refractivity contribution in [1.82, 2.24) is 4.90 Å². The molecule has 3 nitrogen and oxygen atoms in total. The summed E-state index contributed by atoms with van der Waals surface area (Å²) in [6.45, 7) is 4.30. The molecule has 88 valence electrons. The molecule has 1 heterocycles. The molecule has 1 atom stereocenters. The van der Waals surface area contributed by atoms with Crippen molar-refractivity contribution >= 4 is 11.4 Å². The number of nitrogens with zero attached hydrogens (tertiary/aromatic N) is 1. The van der Waals surface area contributed by atoms with Gasteiger partial charge in [0.05, 0.1) is 0 Å². The molecule has 3 N–H and O–H groups in total. The molecule has 1 aliphatic rings. The van der Waals surface area contributed by atoms with Crippen molar-refractivity contribution in [1.29, 1.82) is 0 Å². The Balaban J connectivity index is 1.96. The van der Waals surface area contributed by atoms with Gasteiger partial charge in [0.1, 0.15) is 0 Å². The molecule has 0 spiro atoms. The van der Waals surface area contributed by atoms with Gasteiger partial charge in [-0.2, -0.15) is 0 Å². The summed E-state index contributed by atoms with van der Waals surface area (Å²) in [4.78, 5) is 2.43. The van der Waals surface area contributed by atoms with Crippen LogP contribution in [0.4, 0.5) is 11.4 Å². The van der Waals surface area contributed by atoms with Crippen LogP contribution < -0.4 is 11.1 Å². The normalized spacial score (nSPS) is 21.2. The minimum atomic E-state index is 0.667. The van der Waals surface area contributed by atoms with E-state index in [1.54, 1.807) is 0 Å². The molecule has 1 aromatic carbocycles. The van der Waals surface area contributed by atoms with Gasteiger partial charge in [-0.15, -0.1) is 0 Å². The standard InChI is InChI=1S/C13H21N3/c1-10-12(14)6-3-7-13(10)15-9-11-5-4-8-16(11)2/h3,6-7,11,15H,4-5,8-9,14H2,1-2H3. The van der Waals surface area contributed by atoms with Crippen LogP contribution in [-0.4, -0.2) is 31.1 Å². The molecule has 16 heavy (non-hydrogen) atoms. The lowest BCUT2D eigenvalue weighted by Gasteiger charge is -2.21. The zero-order valence-corrected chi connectivity index (χ0v) is 10.2. The van der Waals surface area contributed by atoms with Gasteiger partial charge in [0.25, 0.3) is 0 Å². The van der Waals surface area contributed by atoms with E-state index >= 15 is 0 Å². The zero-order valence-electron chi connectivity index (χ0n) is 10.2. The van der Waals surface area contributed by atoms with Crippen LogP contribution in [0, 0.1) is 6.92 Å². The molecule has 1 aromatic rings. The minimum absolute atomic E-state index is 0.667. The van der Waals surface area contributed by atoms with Gasteiger partial charge in [-0.05, 0) is 51.1 Å². The van der Waals surface area contributed by atoms with Gasteiger partial charge < -0.3 is 16.0 Å². The lowest BCUT2D eigenvalue weighted by Crippen LogP contribution is -2.31. The SMILES string of the molecule is Cc1c(N)cccc1NCC1CCCN1C. The van der Waals surface area contributed by atoms with E-state index in [0.29, 0.717) is 6.04 Å². The van der Waals surface area contributed by atoms with Gasteiger partial charge in [0.2, 0.25) is 0 Å². The number of nitrogens with two attached hydrogens (primary N) is 1. The van der Waals surface area contributed by atoms with Gasteiger partial charge >= 0.3 is 0 Å². The molecule has 0 saturated carbocycles. The maximum absolute atomic E-state index is 5.88. The van der Waals surface area contributed by atoms with E-state index in [4.69, 9.17) is 5.73 Å². The number of nitrogens with one attached hydrogen (secondary N) is 1. The summed E-state index contributed by atoms with van der Waals surface area (Å²) in [6.07, 6.45) is 2.61. The molecule has 1 aliphatic heterocycles. The largest absolute Gasteiger partial charge is 0.398 e. The molecular weight excluding hydrogens is 198 g/mol. The summed E-state index contributed by atoms with van der Waals surface area (Å²) in [6, 6.07) is 6.71. The first-order valence-corrected chi connectivity index (χ1v) is 5.97. The minimum Gasteiger partial charge on any atom is -0.398 e. The lowest BCUT2D eigenvalue weighted by molar-refractivity contribution is 0.322. The first-order chi connectivity index (χ1) is 7.68. The Hall–Kier alpha value is -1.22. The first-order valence-electron chi connectivity index (χ1n) is 5.97. The van der Waals surface area contributed by atoms with Crippen LogP contribution in [0.25, 0.3) is 0 Å². The molecule has 1 fully saturated rings. The number of rotatable bonds is 3. The van der Waals surface area contributed by atoms with E-state index in [-0.39, 0.29) is 0 Å². The third kappa shape index (κ3) is 2.30. The van der Waals surface area contributed by atoms with E-state index in [9.17, 15) is 0 Å². The summed E-state index contributed by atoms with van der Waals surface area (Å²) in [7, 11) is 2.20. The Morgan fingerprint density at radius 1 is 1.50 bits per heavy atom. The van der Waals surface area contributed by atoms with Gasteiger partial charge in [0.15, 0.2) is 0 Å². The van der Waals surface area contributed by atoms with Crippen molar-refractivity contribution in [3.8, 4) is 0 Å². The molecule has 0 bridgehead atoms. The molecule has 0 radical (unpaired) electrons. The van der Waals surface area contributed by atoms with Gasteiger partial charge in [-0.25, -0.2) is 0 Å². The van der Waals surface area contributed by atoms with Crippen LogP contribution in [0.15, 0.2) is 18.2 Å². The van der Waals surface area contributed by atoms with E-state index in [1.807, 2.05) is 12.1 Å². The highest BCUT2D eigenvalue weighted by Crippen LogP contribution is 2.22. The summed E-state index contributed by atoms with van der Waals surface area (Å²) in [5, 5.41) is 3.50. The maximum atomic E-state index is 5.88. The van der Waals surface area contributed by atoms with Crippen LogP contribution in [-0.2, 0) is 0 Å². The average Bonchev–Trinajstić information content (AvgIpc) is 2.67. The van der Waals surface area contributed by atoms with Crippen molar-refractivity contribution in [3.05, 3.63) is 23.8 Å². The fourth-order valence-corrected chi connectivity index (χ4v) is 2.31. The van der Waals surface area contributed by atoms with Crippen molar-refractivity contribution in [2.45, 2.75) is 25.8 Å². The Labute approximate surface area is 97.6 Å². The predicted molar refractivity (Wildman–Crippen MR) is 69.7 cm³/mol. The predicted octanol–water partition coefficient (Wildman–Crippen LogP) is 2.08. The Morgan fingerprint density at radius 2 is 2.31 bits per heavy atom. The highest BCUT2D eigenvalue weighted by atomic mass is 15.2. The average molecular weight is 219 g/mol. The van der Waals surface area contributed by atoms with Crippen molar-refractivity contribution in [2.24, 2.45) is 0 Å². The monoisotopic (exact) mass is 219 g/mol. The maximum Gasteiger partial charge on any atom is 0.0391 e. The Bertz CT molecular complexity index is 362. The van der Waals surface area contributed by atoms with Gasteiger partial charge in [-0.3, -0.25) is 0 Å². The van der Waals surface area contributed by atoms with Crippen molar-refractivity contribution in [2.75, 3.05) is 31.2 Å². The second kappa shape index (κ2) is 4.74. The Kier molecular flexibility index (Phi) is 3.34. The molecule has 1 saturated heterocycles. The second-order valence-corrected chi connectivity index (χ2v) is 4.68. The number of hydrogen-bond acceptors (Lipinski definition) is 3. The van der Waals surface area contributed by atoms with E-state index < -0.39 is 0 Å². The summed E-state index contributed by atoms with van der Waals surface area (Å²) >= 11 is 0. The van der Waals surface area contributed by atoms with E-state index in [0.717, 1.165) is 17.8 Å². The van der Waals surface area contributed by atoms with Crippen molar-refractivity contribution < 1.29 is 0 Å². The summed E-state index contributed by atoms with van der Waals surface area (Å²) in [5.74, 6) is 0. The van der Waals surface area contributed by atoms with Crippen LogP contribution in [0.1, 0.15) is 18.4 Å². The lowest BCUT2D eigenvalue weighted by atomic mass is 10.1. The second-order valence-electron chi connectivity index (χ2n) is 4.68. The number of likely N-dealkylation sites (tertiary alicyclic amines) is 1. The van der Waals surface area contributed by atoms with Gasteiger partial charge in [0, 0.05) is 24.0 Å². The number of anilines is 2. The van der Waals surface area contributed by atoms with E-state index in [1.165, 1.54) is 25.1 Å². The molecule has 0 amide bonds. The topological polar surface area (TPSA) is 41.3 Å². The van der Waals surface area contributed by atoms with Crippen LogP contribution in [0.3, 0.4) is 0 Å². The third-order valence-corrected chi connectivity index (χ3v) is 3.58. The third-order valence-electron chi connectivity index (χ3n) is 3.58. The number of hydrogen-bond donors (Lipinski definition) is 2. The van der Waals surface area contributed by atoms with Gasteiger partial charge in [-0.1, -0.05) is 6.07 Å².